The van der Waals surface area contributed by atoms with Gasteiger partial charge in [0.05, 0.1) is 25.7 Å². The van der Waals surface area contributed by atoms with Gasteiger partial charge in [-0.15, -0.1) is 0 Å². The highest BCUT2D eigenvalue weighted by Gasteiger charge is 2.20. The summed E-state index contributed by atoms with van der Waals surface area (Å²) in [6, 6.07) is 13.3. The number of carbonyl (C=O) groups is 3. The molecule has 256 valence electrons. The topological polar surface area (TPSA) is 69.7 Å². The molecule has 46 heavy (non-hydrogen) atoms. The van der Waals surface area contributed by atoms with Crippen LogP contribution in [0.25, 0.3) is 0 Å². The second kappa shape index (κ2) is 26.2. The summed E-state index contributed by atoms with van der Waals surface area (Å²) in [5.41, 5.74) is 0.811. The molecule has 0 amide bonds. The molecule has 2 aromatic rings. The van der Waals surface area contributed by atoms with E-state index >= 15 is 0 Å². The number of esters is 1. The van der Waals surface area contributed by atoms with Gasteiger partial charge in [0, 0.05) is 11.1 Å². The third-order valence-corrected chi connectivity index (χ3v) is 8.90. The molecule has 0 saturated heterocycles. The van der Waals surface area contributed by atoms with Gasteiger partial charge in [-0.2, -0.15) is 0 Å². The summed E-state index contributed by atoms with van der Waals surface area (Å²) >= 11 is 0. The average Bonchev–Trinajstić information content (AvgIpc) is 3.08. The molecule has 0 aromatic heterocycles. The lowest BCUT2D eigenvalue weighted by Gasteiger charge is -2.08. The minimum Gasteiger partial charge on any atom is -0.494 e. The Bertz CT molecular complexity index is 1090. The van der Waals surface area contributed by atoms with Gasteiger partial charge < -0.3 is 9.47 Å². The van der Waals surface area contributed by atoms with Crippen molar-refractivity contribution in [3.63, 3.8) is 0 Å². The lowest BCUT2D eigenvalue weighted by molar-refractivity contribution is 0.0596. The van der Waals surface area contributed by atoms with E-state index in [-0.39, 0.29) is 23.3 Å². The van der Waals surface area contributed by atoms with Crippen LogP contribution in [0.5, 0.6) is 5.75 Å². The molecule has 0 N–H and O–H groups in total. The standard InChI is InChI=1S/C41H62O5/c1-3-4-5-6-7-8-9-10-11-12-13-14-15-16-17-18-19-20-21-22-23-26-33-46-36-31-29-35(30-32-36)39(42)34-40(43)37-27-24-25-28-38(37)41(44)45-2/h24-25,27-32H,3-23,26,33-34H2,1-2H3. The van der Waals surface area contributed by atoms with E-state index < -0.39 is 11.8 Å². The van der Waals surface area contributed by atoms with Crippen molar-refractivity contribution < 1.29 is 23.9 Å². The van der Waals surface area contributed by atoms with Gasteiger partial charge in [0.2, 0.25) is 0 Å². The Morgan fingerprint density at radius 2 is 0.913 bits per heavy atom. The van der Waals surface area contributed by atoms with Gasteiger partial charge in [-0.3, -0.25) is 9.59 Å². The fourth-order valence-corrected chi connectivity index (χ4v) is 6.00. The van der Waals surface area contributed by atoms with Crippen LogP contribution in [0.4, 0.5) is 0 Å². The monoisotopic (exact) mass is 634 g/mol. The highest BCUT2D eigenvalue weighted by atomic mass is 16.5. The van der Waals surface area contributed by atoms with E-state index in [4.69, 9.17) is 9.47 Å². The van der Waals surface area contributed by atoms with E-state index in [1.54, 1.807) is 42.5 Å². The molecular weight excluding hydrogens is 572 g/mol. The van der Waals surface area contributed by atoms with Crippen LogP contribution in [0.2, 0.25) is 0 Å². The maximum absolute atomic E-state index is 12.7. The van der Waals surface area contributed by atoms with Crippen LogP contribution in [-0.4, -0.2) is 31.3 Å². The highest BCUT2D eigenvalue weighted by molar-refractivity contribution is 6.16. The molecule has 0 radical (unpaired) electrons. The number of ketones is 2. The maximum atomic E-state index is 12.7. The van der Waals surface area contributed by atoms with Gasteiger partial charge in [0.25, 0.3) is 0 Å². The minimum absolute atomic E-state index is 0.168. The molecule has 0 heterocycles. The molecular formula is C41H62O5. The first-order valence-corrected chi connectivity index (χ1v) is 18.5. The molecule has 0 fully saturated rings. The third-order valence-electron chi connectivity index (χ3n) is 8.90. The molecule has 0 atom stereocenters. The minimum atomic E-state index is -0.594. The zero-order valence-corrected chi connectivity index (χ0v) is 29.1. The van der Waals surface area contributed by atoms with E-state index in [2.05, 4.69) is 6.92 Å². The zero-order chi connectivity index (χ0) is 33.1. The van der Waals surface area contributed by atoms with Crippen molar-refractivity contribution in [2.24, 2.45) is 0 Å². The predicted molar refractivity (Wildman–Crippen MR) is 190 cm³/mol. The van der Waals surface area contributed by atoms with Crippen LogP contribution >= 0.6 is 0 Å². The molecule has 0 aliphatic rings. The molecule has 2 aromatic carbocycles. The summed E-state index contributed by atoms with van der Waals surface area (Å²) in [6.45, 7) is 2.95. The Balaban J connectivity index is 1.40. The van der Waals surface area contributed by atoms with Crippen molar-refractivity contribution in [2.75, 3.05) is 13.7 Å². The summed E-state index contributed by atoms with van der Waals surface area (Å²) in [4.78, 5) is 37.3. The average molecular weight is 635 g/mol. The molecule has 5 heteroatoms. The summed E-state index contributed by atoms with van der Waals surface area (Å²) in [6.07, 6.45) is 29.9. The van der Waals surface area contributed by atoms with Crippen molar-refractivity contribution in [2.45, 2.75) is 155 Å². The van der Waals surface area contributed by atoms with Crippen LogP contribution in [0, 0.1) is 0 Å². The normalized spacial score (nSPS) is 11.0. The molecule has 0 saturated carbocycles. The van der Waals surface area contributed by atoms with Gasteiger partial charge in [-0.1, -0.05) is 160 Å². The van der Waals surface area contributed by atoms with Gasteiger partial charge in [0.15, 0.2) is 11.6 Å². The van der Waals surface area contributed by atoms with Crippen molar-refractivity contribution in [3.8, 4) is 5.75 Å². The third kappa shape index (κ3) is 17.7. The highest BCUT2D eigenvalue weighted by Crippen LogP contribution is 2.19. The van der Waals surface area contributed by atoms with E-state index in [1.807, 2.05) is 0 Å². The number of ether oxygens (including phenoxy) is 2. The zero-order valence-electron chi connectivity index (χ0n) is 29.1. The number of benzene rings is 2. The van der Waals surface area contributed by atoms with E-state index in [9.17, 15) is 14.4 Å². The fourth-order valence-electron chi connectivity index (χ4n) is 6.00. The summed E-state index contributed by atoms with van der Waals surface area (Å²) < 4.78 is 10.6. The van der Waals surface area contributed by atoms with Gasteiger partial charge in [-0.25, -0.2) is 4.79 Å². The number of hydrogen-bond acceptors (Lipinski definition) is 5. The van der Waals surface area contributed by atoms with Crippen LogP contribution in [0.1, 0.15) is 186 Å². The Labute approximate surface area is 280 Å². The Kier molecular flexibility index (Phi) is 22.3. The first-order valence-electron chi connectivity index (χ1n) is 18.5. The number of Topliss-reactive ketones (excluding diaryl/α,β-unsaturated/α-hetero) is 2. The SMILES string of the molecule is CCCCCCCCCCCCCCCCCCCCCCCCOc1ccc(C(=O)CC(=O)c2ccccc2C(=O)OC)cc1. The number of unbranched alkanes of at least 4 members (excludes halogenated alkanes) is 21. The number of methoxy groups -OCH3 is 1. The number of carbonyl (C=O) groups excluding carboxylic acids is 3. The van der Waals surface area contributed by atoms with Crippen LogP contribution in [0.15, 0.2) is 48.5 Å². The Hall–Kier alpha value is -2.95. The van der Waals surface area contributed by atoms with Crippen LogP contribution in [-0.2, 0) is 4.74 Å². The van der Waals surface area contributed by atoms with E-state index in [0.29, 0.717) is 12.2 Å². The molecule has 0 bridgehead atoms. The van der Waals surface area contributed by atoms with E-state index in [1.165, 1.54) is 148 Å². The summed E-state index contributed by atoms with van der Waals surface area (Å²) in [5.74, 6) is -0.571. The summed E-state index contributed by atoms with van der Waals surface area (Å²) in [7, 11) is 1.27. The smallest absolute Gasteiger partial charge is 0.338 e. The quantitative estimate of drug-likeness (QED) is 0.0385. The predicted octanol–water partition coefficient (Wildman–Crippen LogP) is 11.9. The first kappa shape index (κ1) is 39.2. The maximum Gasteiger partial charge on any atom is 0.338 e. The van der Waals surface area contributed by atoms with Crippen molar-refractivity contribution in [3.05, 3.63) is 65.2 Å². The summed E-state index contributed by atoms with van der Waals surface area (Å²) in [5, 5.41) is 0. The number of hydrogen-bond donors (Lipinski definition) is 0. The van der Waals surface area contributed by atoms with Gasteiger partial charge in [0.1, 0.15) is 5.75 Å². The molecule has 2 rings (SSSR count). The van der Waals surface area contributed by atoms with Crippen molar-refractivity contribution in [1.82, 2.24) is 0 Å². The Morgan fingerprint density at radius 3 is 1.35 bits per heavy atom. The van der Waals surface area contributed by atoms with Crippen molar-refractivity contribution >= 4 is 17.5 Å². The second-order valence-corrected chi connectivity index (χ2v) is 12.9. The largest absolute Gasteiger partial charge is 0.494 e. The van der Waals surface area contributed by atoms with Gasteiger partial charge >= 0.3 is 5.97 Å². The Morgan fingerprint density at radius 1 is 0.500 bits per heavy atom. The van der Waals surface area contributed by atoms with Crippen molar-refractivity contribution in [1.29, 1.82) is 0 Å². The number of rotatable bonds is 29. The lowest BCUT2D eigenvalue weighted by Crippen LogP contribution is -2.14. The van der Waals surface area contributed by atoms with Gasteiger partial charge in [-0.05, 0) is 36.8 Å². The lowest BCUT2D eigenvalue weighted by atomic mass is 9.98. The first-order chi connectivity index (χ1) is 22.6. The molecule has 0 unspecified atom stereocenters. The molecule has 5 nitrogen and oxygen atoms in total. The molecule has 0 spiro atoms. The van der Waals surface area contributed by atoms with E-state index in [0.717, 1.165) is 12.2 Å². The van der Waals surface area contributed by atoms with Crippen LogP contribution in [0.3, 0.4) is 0 Å². The molecule has 0 aliphatic heterocycles. The fraction of sp³-hybridized carbons (Fsp3) is 0.634. The molecule has 0 aliphatic carbocycles. The van der Waals surface area contributed by atoms with Crippen LogP contribution < -0.4 is 4.74 Å². The second-order valence-electron chi connectivity index (χ2n) is 12.9.